The van der Waals surface area contributed by atoms with Crippen molar-refractivity contribution < 1.29 is 4.79 Å². The topological polar surface area (TPSA) is 51.0 Å². The van der Waals surface area contributed by atoms with E-state index in [1.165, 1.54) is 0 Å². The number of aromatic nitrogens is 3. The van der Waals surface area contributed by atoms with Crippen LogP contribution < -0.4 is 0 Å². The highest BCUT2D eigenvalue weighted by Crippen LogP contribution is 2.25. The van der Waals surface area contributed by atoms with E-state index in [0.29, 0.717) is 12.2 Å². The fourth-order valence-corrected chi connectivity index (χ4v) is 3.79. The summed E-state index contributed by atoms with van der Waals surface area (Å²) in [7, 11) is 1.80. The Hall–Kier alpha value is -4.25. The third-order valence-corrected chi connectivity index (χ3v) is 5.43. The third kappa shape index (κ3) is 3.88. The average molecular weight is 419 g/mol. The lowest BCUT2D eigenvalue weighted by atomic mass is 10.1. The summed E-state index contributed by atoms with van der Waals surface area (Å²) in [6.45, 7) is 0.421. The summed E-state index contributed by atoms with van der Waals surface area (Å²) < 4.78 is 1.87. The molecule has 3 aromatic carbocycles. The van der Waals surface area contributed by atoms with Crippen LogP contribution in [0.15, 0.2) is 103 Å². The number of hydrogen-bond acceptors (Lipinski definition) is 3. The monoisotopic (exact) mass is 418 g/mol. The highest BCUT2D eigenvalue weighted by molar-refractivity contribution is 5.94. The van der Waals surface area contributed by atoms with Gasteiger partial charge in [-0.15, -0.1) is 0 Å². The number of nitrogens with zero attached hydrogens (tertiary/aromatic N) is 4. The van der Waals surface area contributed by atoms with Crippen molar-refractivity contribution in [1.82, 2.24) is 19.7 Å². The second-order valence-corrected chi connectivity index (χ2v) is 7.70. The minimum atomic E-state index is -0.123. The van der Waals surface area contributed by atoms with E-state index in [9.17, 15) is 4.79 Å². The number of rotatable bonds is 5. The predicted molar refractivity (Wildman–Crippen MR) is 127 cm³/mol. The number of fused-ring (bicyclic) bond motifs is 1. The van der Waals surface area contributed by atoms with E-state index in [2.05, 4.69) is 4.98 Å². The van der Waals surface area contributed by atoms with Crippen molar-refractivity contribution in [2.45, 2.75) is 6.54 Å². The molecular weight excluding hydrogens is 396 g/mol. The second-order valence-electron chi connectivity index (χ2n) is 7.70. The van der Waals surface area contributed by atoms with Crippen LogP contribution in [0.25, 0.3) is 27.8 Å². The van der Waals surface area contributed by atoms with Crippen LogP contribution in [-0.2, 0) is 6.54 Å². The summed E-state index contributed by atoms with van der Waals surface area (Å²) in [6.07, 6.45) is 2.00. The Morgan fingerprint density at radius 1 is 0.844 bits per heavy atom. The number of hydrogen-bond donors (Lipinski definition) is 0. The van der Waals surface area contributed by atoms with Crippen LogP contribution in [0.1, 0.15) is 16.1 Å². The van der Waals surface area contributed by atoms with E-state index in [1.807, 2.05) is 102 Å². The first-order valence-electron chi connectivity index (χ1n) is 10.5. The summed E-state index contributed by atoms with van der Waals surface area (Å²) in [4.78, 5) is 19.4. The molecule has 32 heavy (non-hydrogen) atoms. The van der Waals surface area contributed by atoms with Gasteiger partial charge in [0.25, 0.3) is 5.91 Å². The van der Waals surface area contributed by atoms with Gasteiger partial charge in [0.2, 0.25) is 0 Å². The average Bonchev–Trinajstić information content (AvgIpc) is 3.28. The van der Waals surface area contributed by atoms with Crippen molar-refractivity contribution in [3.05, 3.63) is 115 Å². The van der Waals surface area contributed by atoms with Crippen LogP contribution in [-0.4, -0.2) is 32.6 Å². The van der Waals surface area contributed by atoms with Gasteiger partial charge in [0, 0.05) is 36.3 Å². The van der Waals surface area contributed by atoms with Gasteiger partial charge in [0.05, 0.1) is 16.9 Å². The lowest BCUT2D eigenvalue weighted by Crippen LogP contribution is -2.27. The Morgan fingerprint density at radius 2 is 1.53 bits per heavy atom. The summed E-state index contributed by atoms with van der Waals surface area (Å²) in [5.41, 5.74) is 5.07. The highest BCUT2D eigenvalue weighted by atomic mass is 16.2. The SMILES string of the molecule is CN(Cc1cn(-c2ccccc2)nc1-c1ccccc1)C(=O)c1ccc2ccccc2n1. The number of amides is 1. The molecule has 5 heteroatoms. The molecule has 0 fully saturated rings. The molecule has 0 aliphatic rings. The standard InChI is InChI=1S/C27H22N4O/c1-30(27(32)25-17-16-20-10-8-9-15-24(20)28-25)18-22-19-31(23-13-6-3-7-14-23)29-26(22)21-11-4-2-5-12-21/h2-17,19H,18H2,1H3. The molecule has 5 rings (SSSR count). The highest BCUT2D eigenvalue weighted by Gasteiger charge is 2.19. The largest absolute Gasteiger partial charge is 0.336 e. The Bertz CT molecular complexity index is 1380. The zero-order valence-corrected chi connectivity index (χ0v) is 17.7. The van der Waals surface area contributed by atoms with Gasteiger partial charge in [-0.2, -0.15) is 5.10 Å². The molecule has 1 amide bonds. The molecule has 0 spiro atoms. The second kappa shape index (κ2) is 8.47. The summed E-state index contributed by atoms with van der Waals surface area (Å²) in [5.74, 6) is -0.123. The van der Waals surface area contributed by atoms with Crippen molar-refractivity contribution in [3.63, 3.8) is 0 Å². The van der Waals surface area contributed by atoms with E-state index in [-0.39, 0.29) is 5.91 Å². The van der Waals surface area contributed by atoms with Gasteiger partial charge < -0.3 is 4.90 Å². The first kappa shape index (κ1) is 19.7. The molecule has 2 aromatic heterocycles. The van der Waals surface area contributed by atoms with Crippen LogP contribution >= 0.6 is 0 Å². The van der Waals surface area contributed by atoms with Crippen molar-refractivity contribution in [1.29, 1.82) is 0 Å². The first-order chi connectivity index (χ1) is 15.7. The Labute approximate surface area is 186 Å². The maximum absolute atomic E-state index is 13.2. The van der Waals surface area contributed by atoms with Crippen LogP contribution in [0, 0.1) is 0 Å². The molecule has 0 unspecified atom stereocenters. The van der Waals surface area contributed by atoms with Crippen LogP contribution in [0.2, 0.25) is 0 Å². The maximum Gasteiger partial charge on any atom is 0.272 e. The summed E-state index contributed by atoms with van der Waals surface area (Å²) >= 11 is 0. The molecule has 0 aliphatic carbocycles. The molecule has 0 atom stereocenters. The molecule has 0 radical (unpaired) electrons. The minimum Gasteiger partial charge on any atom is -0.336 e. The smallest absolute Gasteiger partial charge is 0.272 e. The Balaban J connectivity index is 1.48. The number of para-hydroxylation sites is 2. The molecule has 156 valence electrons. The van der Waals surface area contributed by atoms with Gasteiger partial charge in [-0.1, -0.05) is 72.8 Å². The van der Waals surface area contributed by atoms with Crippen molar-refractivity contribution >= 4 is 16.8 Å². The van der Waals surface area contributed by atoms with Gasteiger partial charge >= 0.3 is 0 Å². The van der Waals surface area contributed by atoms with Crippen LogP contribution in [0.3, 0.4) is 0 Å². The van der Waals surface area contributed by atoms with E-state index in [1.54, 1.807) is 18.0 Å². The van der Waals surface area contributed by atoms with Crippen LogP contribution in [0.5, 0.6) is 0 Å². The van der Waals surface area contributed by atoms with Crippen molar-refractivity contribution in [2.24, 2.45) is 0 Å². The number of pyridine rings is 1. The van der Waals surface area contributed by atoms with Gasteiger partial charge in [0.1, 0.15) is 5.69 Å². The van der Waals surface area contributed by atoms with Crippen LogP contribution in [0.4, 0.5) is 0 Å². The molecule has 0 saturated carbocycles. The van der Waals surface area contributed by atoms with Crippen molar-refractivity contribution in [2.75, 3.05) is 7.05 Å². The summed E-state index contributed by atoms with van der Waals surface area (Å²) in [5, 5.41) is 5.86. The van der Waals surface area contributed by atoms with E-state index < -0.39 is 0 Å². The molecule has 0 saturated heterocycles. The maximum atomic E-state index is 13.2. The molecular formula is C27H22N4O. The zero-order chi connectivity index (χ0) is 21.9. The van der Waals surface area contributed by atoms with E-state index >= 15 is 0 Å². The fraction of sp³-hybridized carbons (Fsp3) is 0.0741. The fourth-order valence-electron chi connectivity index (χ4n) is 3.79. The number of carbonyl (C=O) groups excluding carboxylic acids is 1. The quantitative estimate of drug-likeness (QED) is 0.386. The molecule has 0 bridgehead atoms. The zero-order valence-electron chi connectivity index (χ0n) is 17.7. The molecule has 5 nitrogen and oxygen atoms in total. The Morgan fingerprint density at radius 3 is 2.31 bits per heavy atom. The number of carbonyl (C=O) groups is 1. The van der Waals surface area contributed by atoms with Gasteiger partial charge in [-0.3, -0.25) is 4.79 Å². The van der Waals surface area contributed by atoms with Gasteiger partial charge in [-0.25, -0.2) is 9.67 Å². The minimum absolute atomic E-state index is 0.123. The molecule has 0 aliphatic heterocycles. The van der Waals surface area contributed by atoms with Crippen molar-refractivity contribution in [3.8, 4) is 16.9 Å². The lowest BCUT2D eigenvalue weighted by molar-refractivity contribution is 0.0780. The van der Waals surface area contributed by atoms with E-state index in [4.69, 9.17) is 5.10 Å². The predicted octanol–water partition coefficient (Wildman–Crippen LogP) is 5.36. The number of benzene rings is 3. The first-order valence-corrected chi connectivity index (χ1v) is 10.5. The molecule has 2 heterocycles. The molecule has 5 aromatic rings. The lowest BCUT2D eigenvalue weighted by Gasteiger charge is -2.17. The van der Waals surface area contributed by atoms with E-state index in [0.717, 1.165) is 33.4 Å². The van der Waals surface area contributed by atoms with Gasteiger partial charge in [0.15, 0.2) is 0 Å². The third-order valence-electron chi connectivity index (χ3n) is 5.43. The normalized spacial score (nSPS) is 10.9. The van der Waals surface area contributed by atoms with Gasteiger partial charge in [-0.05, 0) is 24.3 Å². The summed E-state index contributed by atoms with van der Waals surface area (Å²) in [6, 6.07) is 31.5. The Kier molecular flexibility index (Phi) is 5.22. The molecule has 0 N–H and O–H groups in total.